The summed E-state index contributed by atoms with van der Waals surface area (Å²) in [5.41, 5.74) is 2.42. The number of hydrogen-bond acceptors (Lipinski definition) is 5. The van der Waals surface area contributed by atoms with Crippen LogP contribution in [-0.2, 0) is 6.42 Å². The summed E-state index contributed by atoms with van der Waals surface area (Å²) >= 11 is 3.03. The minimum Gasteiger partial charge on any atom is -0.197 e. The van der Waals surface area contributed by atoms with Crippen molar-refractivity contribution in [2.45, 2.75) is 29.9 Å². The van der Waals surface area contributed by atoms with Crippen molar-refractivity contribution >= 4 is 23.1 Å². The minimum absolute atomic E-state index is 0.111. The summed E-state index contributed by atoms with van der Waals surface area (Å²) in [7, 11) is 0. The minimum atomic E-state index is -0.111. The topological polar surface area (TPSA) is 49.6 Å². The van der Waals surface area contributed by atoms with Gasteiger partial charge in [-0.05, 0) is 25.8 Å². The van der Waals surface area contributed by atoms with Crippen LogP contribution in [0.2, 0.25) is 0 Å². The Bertz CT molecular complexity index is 554. The van der Waals surface area contributed by atoms with Crippen LogP contribution in [0.5, 0.6) is 0 Å². The van der Waals surface area contributed by atoms with Gasteiger partial charge >= 0.3 is 0 Å². The molecule has 0 N–H and O–H groups in total. The Kier molecular flexibility index (Phi) is 4.34. The highest BCUT2D eigenvalue weighted by atomic mass is 32.2. The molecular weight excluding hydrogens is 262 g/mol. The predicted octanol–water partition coefficient (Wildman–Crippen LogP) is 3.38. The van der Waals surface area contributed by atoms with Crippen LogP contribution >= 0.6 is 23.1 Å². The number of aryl methyl sites for hydroxylation is 2. The molecule has 0 aliphatic heterocycles. The van der Waals surface area contributed by atoms with Gasteiger partial charge in [-0.25, -0.2) is 0 Å². The molecule has 0 aliphatic rings. The van der Waals surface area contributed by atoms with Crippen molar-refractivity contribution in [2.24, 2.45) is 0 Å². The Balaban J connectivity index is 2.02. The van der Waals surface area contributed by atoms with Gasteiger partial charge < -0.3 is 0 Å². The maximum Gasteiger partial charge on any atom is 0.175 e. The quantitative estimate of drug-likeness (QED) is 0.803. The first kappa shape index (κ1) is 13.1. The summed E-state index contributed by atoms with van der Waals surface area (Å²) in [5.74, 6) is 0. The van der Waals surface area contributed by atoms with Crippen LogP contribution < -0.4 is 0 Å². The van der Waals surface area contributed by atoms with Gasteiger partial charge in [0.1, 0.15) is 10.3 Å². The number of benzene rings is 1. The van der Waals surface area contributed by atoms with Gasteiger partial charge in [-0.3, -0.25) is 0 Å². The van der Waals surface area contributed by atoms with Crippen molar-refractivity contribution in [3.63, 3.8) is 0 Å². The third-order valence-corrected chi connectivity index (χ3v) is 4.45. The van der Waals surface area contributed by atoms with Crippen LogP contribution in [0.15, 0.2) is 28.6 Å². The van der Waals surface area contributed by atoms with Crippen molar-refractivity contribution in [1.82, 2.24) is 10.2 Å². The summed E-state index contributed by atoms with van der Waals surface area (Å²) in [6, 6.07) is 10.6. The molecule has 5 heteroatoms. The predicted molar refractivity (Wildman–Crippen MR) is 74.8 cm³/mol. The average molecular weight is 275 g/mol. The number of nitrogens with zero attached hydrogens (tertiary/aromatic N) is 3. The zero-order valence-corrected chi connectivity index (χ0v) is 11.9. The van der Waals surface area contributed by atoms with E-state index >= 15 is 0 Å². The lowest BCUT2D eigenvalue weighted by Crippen LogP contribution is -2.03. The Morgan fingerprint density at radius 3 is 2.56 bits per heavy atom. The largest absolute Gasteiger partial charge is 0.197 e. The molecule has 0 bridgehead atoms. The molecule has 0 radical (unpaired) electrons. The van der Waals surface area contributed by atoms with E-state index in [9.17, 15) is 5.26 Å². The fraction of sp³-hybridized carbons (Fsp3) is 0.308. The van der Waals surface area contributed by atoms with Crippen LogP contribution in [0.3, 0.4) is 0 Å². The second-order valence-electron chi connectivity index (χ2n) is 4.01. The molecule has 0 saturated carbocycles. The fourth-order valence-electron chi connectivity index (χ4n) is 1.50. The molecule has 1 aromatic heterocycles. The molecule has 1 aromatic carbocycles. The molecule has 0 saturated heterocycles. The first-order chi connectivity index (χ1) is 8.67. The van der Waals surface area contributed by atoms with E-state index in [0.717, 1.165) is 15.8 Å². The molecule has 0 aliphatic carbocycles. The van der Waals surface area contributed by atoms with Crippen molar-refractivity contribution in [1.29, 1.82) is 5.26 Å². The van der Waals surface area contributed by atoms with E-state index in [1.165, 1.54) is 34.2 Å². The Morgan fingerprint density at radius 2 is 2.00 bits per heavy atom. The van der Waals surface area contributed by atoms with Crippen molar-refractivity contribution in [3.05, 3.63) is 40.4 Å². The van der Waals surface area contributed by atoms with E-state index in [2.05, 4.69) is 47.5 Å². The third-order valence-electron chi connectivity index (χ3n) is 2.44. The number of rotatable bonds is 4. The first-order valence-electron chi connectivity index (χ1n) is 5.59. The molecule has 1 heterocycles. The highest BCUT2D eigenvalue weighted by Crippen LogP contribution is 2.28. The molecule has 0 unspecified atom stereocenters. The maximum atomic E-state index is 9.20. The van der Waals surface area contributed by atoms with Gasteiger partial charge in [0.25, 0.3) is 0 Å². The van der Waals surface area contributed by atoms with Gasteiger partial charge in [0, 0.05) is 0 Å². The summed E-state index contributed by atoms with van der Waals surface area (Å²) in [5, 5.41) is 18.0. The summed E-state index contributed by atoms with van der Waals surface area (Å²) in [6.07, 6.45) is 0.736. The van der Waals surface area contributed by atoms with E-state index in [0.29, 0.717) is 0 Å². The fourth-order valence-corrected chi connectivity index (χ4v) is 3.48. The Hall–Kier alpha value is -1.38. The lowest BCUT2D eigenvalue weighted by molar-refractivity contribution is 0.971. The lowest BCUT2D eigenvalue weighted by Gasteiger charge is -2.06. The Morgan fingerprint density at radius 1 is 1.28 bits per heavy atom. The second-order valence-corrected chi connectivity index (χ2v) is 6.64. The van der Waals surface area contributed by atoms with E-state index in [-0.39, 0.29) is 5.25 Å². The molecule has 1 atom stereocenters. The highest BCUT2D eigenvalue weighted by Gasteiger charge is 2.13. The summed E-state index contributed by atoms with van der Waals surface area (Å²) < 4.78 is 0.867. The van der Waals surface area contributed by atoms with Crippen molar-refractivity contribution in [2.75, 3.05) is 0 Å². The average Bonchev–Trinajstić information content (AvgIpc) is 2.77. The molecule has 0 amide bonds. The monoisotopic (exact) mass is 275 g/mol. The second kappa shape index (κ2) is 5.98. The van der Waals surface area contributed by atoms with Crippen LogP contribution in [0.1, 0.15) is 16.1 Å². The molecule has 0 fully saturated rings. The van der Waals surface area contributed by atoms with Gasteiger partial charge in [-0.15, -0.1) is 10.2 Å². The molecule has 0 spiro atoms. The van der Waals surface area contributed by atoms with E-state index in [4.69, 9.17) is 0 Å². The highest BCUT2D eigenvalue weighted by molar-refractivity contribution is 8.01. The normalized spacial score (nSPS) is 12.1. The van der Waals surface area contributed by atoms with Crippen molar-refractivity contribution in [3.8, 4) is 6.07 Å². The van der Waals surface area contributed by atoms with Crippen LogP contribution in [0, 0.1) is 25.2 Å². The first-order valence-corrected chi connectivity index (χ1v) is 7.29. The number of thioether (sulfide) groups is 1. The summed E-state index contributed by atoms with van der Waals surface area (Å²) in [6.45, 7) is 3.98. The summed E-state index contributed by atoms with van der Waals surface area (Å²) in [4.78, 5) is 0. The van der Waals surface area contributed by atoms with E-state index in [1.807, 2.05) is 6.92 Å². The third kappa shape index (κ3) is 3.56. The van der Waals surface area contributed by atoms with Gasteiger partial charge in [-0.2, -0.15) is 5.26 Å². The van der Waals surface area contributed by atoms with E-state index in [1.54, 1.807) is 0 Å². The van der Waals surface area contributed by atoms with Crippen molar-refractivity contribution < 1.29 is 0 Å². The van der Waals surface area contributed by atoms with Gasteiger partial charge in [0.15, 0.2) is 4.34 Å². The zero-order chi connectivity index (χ0) is 13.0. The molecule has 92 valence electrons. The van der Waals surface area contributed by atoms with Crippen LogP contribution in [0.25, 0.3) is 0 Å². The number of aromatic nitrogens is 2. The molecular formula is C13H13N3S2. The van der Waals surface area contributed by atoms with E-state index < -0.39 is 0 Å². The molecule has 3 nitrogen and oxygen atoms in total. The van der Waals surface area contributed by atoms with Gasteiger partial charge in [-0.1, -0.05) is 52.9 Å². The van der Waals surface area contributed by atoms with Gasteiger partial charge in [0.05, 0.1) is 6.07 Å². The van der Waals surface area contributed by atoms with Crippen LogP contribution in [-0.4, -0.2) is 15.4 Å². The standard InChI is InChI=1S/C13H13N3S2/c1-9-3-5-11(6-4-9)7-12(8-14)18-13-16-15-10(2)17-13/h3-6,12H,7H2,1-2H3/t12-/m1/s1. The van der Waals surface area contributed by atoms with Crippen LogP contribution in [0.4, 0.5) is 0 Å². The molecule has 18 heavy (non-hydrogen) atoms. The SMILES string of the molecule is Cc1ccc(C[C@H](C#N)Sc2nnc(C)s2)cc1. The van der Waals surface area contributed by atoms with Gasteiger partial charge in [0.2, 0.25) is 0 Å². The number of hydrogen-bond donors (Lipinski definition) is 0. The molecule has 2 rings (SSSR count). The Labute approximate surface area is 115 Å². The lowest BCUT2D eigenvalue weighted by atomic mass is 10.1. The maximum absolute atomic E-state index is 9.20. The zero-order valence-electron chi connectivity index (χ0n) is 10.3. The number of nitriles is 1. The molecule has 2 aromatic rings. The smallest absolute Gasteiger partial charge is 0.175 e.